The summed E-state index contributed by atoms with van der Waals surface area (Å²) in [5.74, 6) is 0. The molecule has 3 aromatic rings. The number of aryl methyl sites for hydroxylation is 1. The van der Waals surface area contributed by atoms with Crippen LogP contribution in [-0.4, -0.2) is 21.1 Å². The lowest BCUT2D eigenvalue weighted by Gasteiger charge is -2.36. The third-order valence-corrected chi connectivity index (χ3v) is 11.6. The van der Waals surface area contributed by atoms with E-state index in [1.807, 2.05) is 37.4 Å². The standard InChI is InChI=1S/C23H30N2O3SSi/c1-18-10-13-20(14-11-18)29(26,27)24-22-15-12-19(21-9-7-8-16-25(21)22)17-28-30(5,6)23(2,3)4/h7-16H,17H2,1-6H3/b24-22-. The monoisotopic (exact) mass is 442 g/mol. The molecule has 0 spiro atoms. The molecule has 160 valence electrons. The SMILES string of the molecule is Cc1ccc(S(=O)(=O)/N=c2/ccc(CO[Si](C)(C)C(C)(C)C)c3ccccn23)cc1. The van der Waals surface area contributed by atoms with Gasteiger partial charge < -0.3 is 8.83 Å². The lowest BCUT2D eigenvalue weighted by Crippen LogP contribution is -2.40. The topological polar surface area (TPSA) is 60.1 Å². The van der Waals surface area contributed by atoms with Crippen LogP contribution in [0, 0.1) is 6.92 Å². The first-order valence-electron chi connectivity index (χ1n) is 10.0. The Morgan fingerprint density at radius 3 is 2.30 bits per heavy atom. The molecule has 0 fully saturated rings. The van der Waals surface area contributed by atoms with Gasteiger partial charge >= 0.3 is 0 Å². The highest BCUT2D eigenvalue weighted by atomic mass is 32.2. The highest BCUT2D eigenvalue weighted by molar-refractivity contribution is 7.90. The lowest BCUT2D eigenvalue weighted by molar-refractivity contribution is 0.277. The van der Waals surface area contributed by atoms with E-state index in [0.29, 0.717) is 12.1 Å². The Morgan fingerprint density at radius 2 is 1.67 bits per heavy atom. The quantitative estimate of drug-likeness (QED) is 0.519. The Balaban J connectivity index is 2.04. The van der Waals surface area contributed by atoms with Crippen LogP contribution < -0.4 is 5.49 Å². The lowest BCUT2D eigenvalue weighted by atomic mass is 10.2. The van der Waals surface area contributed by atoms with E-state index in [4.69, 9.17) is 4.43 Å². The fourth-order valence-electron chi connectivity index (χ4n) is 2.80. The molecule has 0 unspecified atom stereocenters. The molecular weight excluding hydrogens is 412 g/mol. The molecule has 2 heterocycles. The predicted octanol–water partition coefficient (Wildman–Crippen LogP) is 5.06. The molecule has 2 aromatic heterocycles. The van der Waals surface area contributed by atoms with Gasteiger partial charge in [0.05, 0.1) is 17.0 Å². The van der Waals surface area contributed by atoms with Crippen molar-refractivity contribution in [2.24, 2.45) is 4.40 Å². The average Bonchev–Trinajstić information content (AvgIpc) is 2.66. The molecule has 0 bridgehead atoms. The predicted molar refractivity (Wildman–Crippen MR) is 123 cm³/mol. The summed E-state index contributed by atoms with van der Waals surface area (Å²) in [6, 6.07) is 16.1. The van der Waals surface area contributed by atoms with Crippen molar-refractivity contribution in [1.29, 1.82) is 0 Å². The van der Waals surface area contributed by atoms with Crippen molar-refractivity contribution in [2.75, 3.05) is 0 Å². The third-order valence-electron chi connectivity index (χ3n) is 5.80. The Hall–Kier alpha value is -2.22. The van der Waals surface area contributed by atoms with Crippen molar-refractivity contribution < 1.29 is 12.8 Å². The van der Waals surface area contributed by atoms with E-state index in [0.717, 1.165) is 16.6 Å². The van der Waals surface area contributed by atoms with Crippen molar-refractivity contribution in [2.45, 2.75) is 57.3 Å². The second-order valence-corrected chi connectivity index (χ2v) is 15.5. The molecule has 0 saturated carbocycles. The minimum atomic E-state index is -3.81. The van der Waals surface area contributed by atoms with Crippen LogP contribution >= 0.6 is 0 Å². The van der Waals surface area contributed by atoms with E-state index in [2.05, 4.69) is 38.3 Å². The third kappa shape index (κ3) is 4.74. The van der Waals surface area contributed by atoms with Gasteiger partial charge in [0.15, 0.2) is 13.8 Å². The zero-order valence-electron chi connectivity index (χ0n) is 18.5. The van der Waals surface area contributed by atoms with Crippen LogP contribution in [0.4, 0.5) is 0 Å². The highest BCUT2D eigenvalue weighted by Gasteiger charge is 2.37. The summed E-state index contributed by atoms with van der Waals surface area (Å²) in [7, 11) is -5.71. The average molecular weight is 443 g/mol. The van der Waals surface area contributed by atoms with Crippen LogP contribution in [0.2, 0.25) is 18.1 Å². The first-order valence-corrected chi connectivity index (χ1v) is 14.4. The van der Waals surface area contributed by atoms with Crippen LogP contribution in [-0.2, 0) is 21.1 Å². The van der Waals surface area contributed by atoms with Crippen molar-refractivity contribution in [3.05, 3.63) is 77.4 Å². The van der Waals surface area contributed by atoms with Gasteiger partial charge in [-0.25, -0.2) is 0 Å². The number of benzene rings is 1. The van der Waals surface area contributed by atoms with Crippen LogP contribution in [0.15, 0.2) is 70.1 Å². The fourth-order valence-corrected chi connectivity index (χ4v) is 4.73. The Morgan fingerprint density at radius 1 is 1.00 bits per heavy atom. The van der Waals surface area contributed by atoms with Crippen LogP contribution in [0.3, 0.4) is 0 Å². The first-order chi connectivity index (χ1) is 13.9. The van der Waals surface area contributed by atoms with Crippen LogP contribution in [0.5, 0.6) is 0 Å². The van der Waals surface area contributed by atoms with E-state index >= 15 is 0 Å². The van der Waals surface area contributed by atoms with E-state index in [1.54, 1.807) is 34.7 Å². The molecule has 0 aliphatic heterocycles. The molecule has 30 heavy (non-hydrogen) atoms. The van der Waals surface area contributed by atoms with E-state index < -0.39 is 18.3 Å². The minimum absolute atomic E-state index is 0.118. The number of sulfonamides is 1. The molecule has 0 N–H and O–H groups in total. The number of aromatic nitrogens is 1. The molecule has 0 aliphatic carbocycles. The van der Waals surface area contributed by atoms with Gasteiger partial charge in [-0.2, -0.15) is 8.42 Å². The van der Waals surface area contributed by atoms with Gasteiger partial charge in [-0.05, 0) is 55.4 Å². The van der Waals surface area contributed by atoms with Crippen molar-refractivity contribution in [1.82, 2.24) is 4.40 Å². The van der Waals surface area contributed by atoms with Gasteiger partial charge in [-0.15, -0.1) is 4.40 Å². The molecule has 5 nitrogen and oxygen atoms in total. The molecule has 0 radical (unpaired) electrons. The fraction of sp³-hybridized carbons (Fsp3) is 0.348. The maximum Gasteiger partial charge on any atom is 0.284 e. The summed E-state index contributed by atoms with van der Waals surface area (Å²) in [6.07, 6.45) is 1.83. The Labute approximate surface area is 180 Å². The highest BCUT2D eigenvalue weighted by Crippen LogP contribution is 2.37. The summed E-state index contributed by atoms with van der Waals surface area (Å²) in [6.45, 7) is 13.5. The van der Waals surface area contributed by atoms with Gasteiger partial charge in [0.1, 0.15) is 0 Å². The summed E-state index contributed by atoms with van der Waals surface area (Å²) in [4.78, 5) is 0.183. The molecule has 0 atom stereocenters. The zero-order valence-corrected chi connectivity index (χ0v) is 20.3. The van der Waals surface area contributed by atoms with Crippen LogP contribution in [0.1, 0.15) is 31.9 Å². The maximum absolute atomic E-state index is 12.8. The Bertz CT molecular complexity index is 1220. The van der Waals surface area contributed by atoms with Crippen molar-refractivity contribution in [3.63, 3.8) is 0 Å². The number of fused-ring (bicyclic) bond motifs is 1. The maximum atomic E-state index is 12.8. The number of pyridine rings is 2. The van der Waals surface area contributed by atoms with E-state index in [1.165, 1.54) is 0 Å². The first kappa shape index (κ1) is 22.5. The van der Waals surface area contributed by atoms with Gasteiger partial charge in [0.2, 0.25) is 0 Å². The summed E-state index contributed by atoms with van der Waals surface area (Å²) >= 11 is 0. The summed E-state index contributed by atoms with van der Waals surface area (Å²) in [5, 5.41) is 0.118. The largest absolute Gasteiger partial charge is 0.412 e. The second-order valence-electron chi connectivity index (χ2n) is 9.10. The minimum Gasteiger partial charge on any atom is -0.412 e. The van der Waals surface area contributed by atoms with E-state index in [-0.39, 0.29) is 9.93 Å². The zero-order chi connectivity index (χ0) is 22.2. The van der Waals surface area contributed by atoms with Gasteiger partial charge in [-0.3, -0.25) is 0 Å². The van der Waals surface area contributed by atoms with Gasteiger partial charge in [0, 0.05) is 11.8 Å². The number of nitrogens with zero attached hydrogens (tertiary/aromatic N) is 2. The molecule has 0 aliphatic rings. The van der Waals surface area contributed by atoms with Crippen molar-refractivity contribution in [3.8, 4) is 0 Å². The summed E-state index contributed by atoms with van der Waals surface area (Å²) in [5.41, 5.74) is 3.26. The summed E-state index contributed by atoms with van der Waals surface area (Å²) < 4.78 is 37.9. The van der Waals surface area contributed by atoms with Crippen LogP contribution in [0.25, 0.3) is 5.52 Å². The van der Waals surface area contributed by atoms with Gasteiger partial charge in [-0.1, -0.05) is 50.6 Å². The van der Waals surface area contributed by atoms with Gasteiger partial charge in [0.25, 0.3) is 10.0 Å². The number of rotatable bonds is 5. The Kier molecular flexibility index (Phi) is 6.09. The molecular formula is C23H30N2O3SSi. The number of hydrogen-bond acceptors (Lipinski definition) is 3. The second kappa shape index (κ2) is 8.13. The molecule has 0 saturated heterocycles. The molecule has 3 rings (SSSR count). The normalized spacial score (nSPS) is 13.7. The molecule has 7 heteroatoms. The van der Waals surface area contributed by atoms with Crippen molar-refractivity contribution >= 4 is 23.9 Å². The molecule has 0 amide bonds. The smallest absolute Gasteiger partial charge is 0.284 e. The molecule has 1 aromatic carbocycles. The number of hydrogen-bond donors (Lipinski definition) is 0. The van der Waals surface area contributed by atoms with E-state index in [9.17, 15) is 8.42 Å².